The van der Waals surface area contributed by atoms with Gasteiger partial charge in [0.25, 0.3) is 0 Å². The molecule has 320 valence electrons. The van der Waals surface area contributed by atoms with Crippen LogP contribution in [0.4, 0.5) is 0 Å². The lowest BCUT2D eigenvalue weighted by Crippen LogP contribution is -1.99. The Kier molecular flexibility index (Phi) is 13.6. The van der Waals surface area contributed by atoms with Gasteiger partial charge in [0.1, 0.15) is 3.72 Å². The number of hydrogen-bond donors (Lipinski definition) is 0. The lowest BCUT2D eigenvalue weighted by atomic mass is 9.81. The molecule has 10 aromatic carbocycles. The van der Waals surface area contributed by atoms with Gasteiger partial charge in [0.2, 0.25) is 0 Å². The first-order valence-electron chi connectivity index (χ1n) is 22.5. The first-order chi connectivity index (χ1) is 33.1. The number of halogens is 2. The molecule has 67 heavy (non-hydrogen) atoms. The van der Waals surface area contributed by atoms with Gasteiger partial charge in [0.15, 0.2) is 0 Å². The Hall–Kier alpha value is -6.93. The van der Waals surface area contributed by atoms with Gasteiger partial charge < -0.3 is 0 Å². The summed E-state index contributed by atoms with van der Waals surface area (Å²) in [5.41, 5.74) is 20.5. The van der Waals surface area contributed by atoms with Crippen LogP contribution in [0.2, 0.25) is 0 Å². The summed E-state index contributed by atoms with van der Waals surface area (Å²) in [6.45, 7) is 0. The zero-order valence-electron chi connectivity index (χ0n) is 36.7. The summed E-state index contributed by atoms with van der Waals surface area (Å²) in [7, 11) is 0. The van der Waals surface area contributed by atoms with Crippen LogP contribution in [0, 0.1) is 0 Å². The second kappa shape index (κ2) is 20.7. The first kappa shape index (κ1) is 43.9. The van der Waals surface area contributed by atoms with E-state index in [1.807, 2.05) is 0 Å². The first-order valence-corrected chi connectivity index (χ1v) is 24.9. The van der Waals surface area contributed by atoms with Crippen molar-refractivity contribution in [2.45, 2.75) is 3.92 Å². The Bertz CT molecular complexity index is 3260. The standard InChI is InChI=1S/C64H45I2N/c65-59(48-29-14-4-15-30-48)44-60(49-31-16-5-17-32-49)67-64(66)54-42-52(41-53(43-54)61-55(45-23-8-1-9-24-45)37-22-38-56(61)46-25-10-2-11-26-46)58-40-39-57(47-27-12-3-13-28-47)62(50-33-18-6-19-34-50)63(58)51-35-20-7-21-36-51/h1-44,59H/b60-44-,67-64?. The van der Waals surface area contributed by atoms with Crippen molar-refractivity contribution in [3.8, 4) is 77.9 Å². The van der Waals surface area contributed by atoms with Crippen LogP contribution in [0.5, 0.6) is 0 Å². The Labute approximate surface area is 421 Å². The van der Waals surface area contributed by atoms with Crippen LogP contribution >= 0.6 is 45.2 Å². The SMILES string of the molecule is IC(=N/C(=C\C(I)c1ccccc1)c1ccccc1)c1cc(-c2ccc(-c3ccccc3)c(-c3ccccc3)c2-c2ccccc2)cc(-c2c(-c3ccccc3)cccc2-c2ccccc2)c1. The predicted octanol–water partition coefficient (Wildman–Crippen LogP) is 18.8. The average molecular weight is 1080 g/mol. The van der Waals surface area contributed by atoms with Crippen molar-refractivity contribution in [3.05, 3.63) is 284 Å². The zero-order valence-corrected chi connectivity index (χ0v) is 41.0. The van der Waals surface area contributed by atoms with Gasteiger partial charge in [0, 0.05) is 5.56 Å². The second-order valence-corrected chi connectivity index (χ2v) is 18.8. The molecule has 0 spiro atoms. The Morgan fingerprint density at radius 1 is 0.328 bits per heavy atom. The van der Waals surface area contributed by atoms with E-state index in [4.69, 9.17) is 4.99 Å². The molecule has 1 unspecified atom stereocenters. The van der Waals surface area contributed by atoms with E-state index in [0.29, 0.717) is 0 Å². The van der Waals surface area contributed by atoms with E-state index in [1.165, 1.54) is 50.1 Å². The van der Waals surface area contributed by atoms with Crippen LogP contribution < -0.4 is 0 Å². The van der Waals surface area contributed by atoms with Gasteiger partial charge in [-0.25, -0.2) is 4.99 Å². The van der Waals surface area contributed by atoms with Crippen molar-refractivity contribution in [1.29, 1.82) is 0 Å². The third-order valence-corrected chi connectivity index (χ3v) is 14.1. The van der Waals surface area contributed by atoms with E-state index in [9.17, 15) is 0 Å². The summed E-state index contributed by atoms with van der Waals surface area (Å²) in [6.07, 6.45) is 2.29. The summed E-state index contributed by atoms with van der Waals surface area (Å²) in [4.78, 5) is 5.57. The molecular weight excluding hydrogens is 1040 g/mol. The number of allylic oxidation sites excluding steroid dienone is 1. The van der Waals surface area contributed by atoms with Gasteiger partial charge >= 0.3 is 0 Å². The van der Waals surface area contributed by atoms with Crippen molar-refractivity contribution >= 4 is 54.6 Å². The van der Waals surface area contributed by atoms with Crippen LogP contribution in [0.15, 0.2) is 272 Å². The average Bonchev–Trinajstić information content (AvgIpc) is 3.41. The molecule has 0 amide bonds. The van der Waals surface area contributed by atoms with Gasteiger partial charge in [-0.15, -0.1) is 0 Å². The highest BCUT2D eigenvalue weighted by atomic mass is 127. The van der Waals surface area contributed by atoms with Crippen LogP contribution in [0.3, 0.4) is 0 Å². The van der Waals surface area contributed by atoms with Gasteiger partial charge in [-0.1, -0.05) is 265 Å². The number of nitrogens with zero attached hydrogens (tertiary/aromatic N) is 1. The zero-order chi connectivity index (χ0) is 45.4. The number of rotatable bonds is 12. The number of aliphatic imine (C=N–C) groups is 1. The van der Waals surface area contributed by atoms with Crippen molar-refractivity contribution in [2.24, 2.45) is 4.99 Å². The lowest BCUT2D eigenvalue weighted by molar-refractivity contribution is 1.27. The molecule has 3 heteroatoms. The quantitative estimate of drug-likeness (QED) is 0.0657. The molecule has 0 saturated carbocycles. The third-order valence-electron chi connectivity index (χ3n) is 12.1. The molecule has 1 atom stereocenters. The van der Waals surface area contributed by atoms with Crippen LogP contribution in [-0.2, 0) is 0 Å². The molecule has 0 radical (unpaired) electrons. The monoisotopic (exact) mass is 1080 g/mol. The number of hydrogen-bond acceptors (Lipinski definition) is 1. The minimum atomic E-state index is 0.114. The molecule has 0 fully saturated rings. The minimum absolute atomic E-state index is 0.114. The molecule has 0 aliphatic carbocycles. The van der Waals surface area contributed by atoms with E-state index in [-0.39, 0.29) is 3.92 Å². The summed E-state index contributed by atoms with van der Waals surface area (Å²) in [5, 5.41) is 0. The van der Waals surface area contributed by atoms with Gasteiger partial charge in [-0.2, -0.15) is 0 Å². The Morgan fingerprint density at radius 2 is 0.701 bits per heavy atom. The molecule has 0 aromatic heterocycles. The highest BCUT2D eigenvalue weighted by Gasteiger charge is 2.22. The molecule has 0 aliphatic rings. The molecule has 10 rings (SSSR count). The van der Waals surface area contributed by atoms with E-state index < -0.39 is 0 Å². The Morgan fingerprint density at radius 3 is 1.16 bits per heavy atom. The normalized spacial score (nSPS) is 12.1. The molecule has 0 bridgehead atoms. The van der Waals surface area contributed by atoms with Crippen LogP contribution in [0.25, 0.3) is 83.6 Å². The molecule has 1 nitrogen and oxygen atoms in total. The molecule has 0 saturated heterocycles. The fraction of sp³-hybridized carbons (Fsp3) is 0.0156. The van der Waals surface area contributed by atoms with E-state index in [2.05, 4.69) is 312 Å². The van der Waals surface area contributed by atoms with Gasteiger partial charge in [0.05, 0.1) is 9.62 Å². The van der Waals surface area contributed by atoms with Gasteiger partial charge in [-0.3, -0.25) is 0 Å². The van der Waals surface area contributed by atoms with Crippen molar-refractivity contribution in [3.63, 3.8) is 0 Å². The molecular formula is C64H45I2N. The van der Waals surface area contributed by atoms with E-state index in [0.717, 1.165) is 53.9 Å². The van der Waals surface area contributed by atoms with E-state index in [1.54, 1.807) is 0 Å². The fourth-order valence-corrected chi connectivity index (χ4v) is 10.3. The topological polar surface area (TPSA) is 12.4 Å². The van der Waals surface area contributed by atoms with Crippen LogP contribution in [-0.4, -0.2) is 3.72 Å². The lowest BCUT2D eigenvalue weighted by Gasteiger charge is -2.22. The molecule has 10 aromatic rings. The summed E-state index contributed by atoms with van der Waals surface area (Å²) >= 11 is 5.01. The molecule has 0 N–H and O–H groups in total. The maximum atomic E-state index is 5.57. The van der Waals surface area contributed by atoms with Crippen molar-refractivity contribution in [1.82, 2.24) is 0 Å². The third kappa shape index (κ3) is 9.81. The summed E-state index contributed by atoms with van der Waals surface area (Å²) in [6, 6.07) is 93.8. The van der Waals surface area contributed by atoms with E-state index >= 15 is 0 Å². The fourth-order valence-electron chi connectivity index (χ4n) is 8.99. The largest absolute Gasteiger partial charge is 0.242 e. The summed E-state index contributed by atoms with van der Waals surface area (Å²) in [5.74, 6) is 0. The maximum Gasteiger partial charge on any atom is 0.109 e. The second-order valence-electron chi connectivity index (χ2n) is 16.4. The molecule has 0 aliphatic heterocycles. The van der Waals surface area contributed by atoms with Crippen molar-refractivity contribution < 1.29 is 0 Å². The smallest absolute Gasteiger partial charge is 0.109 e. The minimum Gasteiger partial charge on any atom is -0.242 e. The summed E-state index contributed by atoms with van der Waals surface area (Å²) < 4.78 is 1.01. The number of alkyl halides is 1. The van der Waals surface area contributed by atoms with Crippen molar-refractivity contribution in [2.75, 3.05) is 0 Å². The highest BCUT2D eigenvalue weighted by Crippen LogP contribution is 2.48. The number of benzene rings is 10. The van der Waals surface area contributed by atoms with Gasteiger partial charge in [-0.05, 0) is 136 Å². The predicted molar refractivity (Wildman–Crippen MR) is 303 cm³/mol. The highest BCUT2D eigenvalue weighted by molar-refractivity contribution is 14.1. The molecule has 0 heterocycles. The maximum absolute atomic E-state index is 5.57. The van der Waals surface area contributed by atoms with Crippen LogP contribution in [0.1, 0.15) is 20.6 Å². The Balaban J connectivity index is 1.29.